The Labute approximate surface area is 121 Å². The Morgan fingerprint density at radius 1 is 1.40 bits per heavy atom. The molecule has 1 N–H and O–H groups in total. The molecule has 0 aromatic carbocycles. The summed E-state index contributed by atoms with van der Waals surface area (Å²) in [6, 6.07) is 1.68. The van der Waals surface area contributed by atoms with Gasteiger partial charge in [0.1, 0.15) is 5.54 Å². The van der Waals surface area contributed by atoms with Gasteiger partial charge >= 0.3 is 10.2 Å². The zero-order valence-electron chi connectivity index (χ0n) is 11.5. The second-order valence-corrected chi connectivity index (χ2v) is 8.55. The maximum atomic E-state index is 12.6. The molecule has 3 rings (SSSR count). The summed E-state index contributed by atoms with van der Waals surface area (Å²) in [6.07, 6.45) is 0. The third-order valence-electron chi connectivity index (χ3n) is 3.25. The van der Waals surface area contributed by atoms with Gasteiger partial charge in [-0.3, -0.25) is 4.79 Å². The van der Waals surface area contributed by atoms with Gasteiger partial charge in [0.2, 0.25) is 0 Å². The molecule has 1 amide bonds. The highest BCUT2D eigenvalue weighted by atomic mass is 32.2. The molecule has 0 radical (unpaired) electrons. The van der Waals surface area contributed by atoms with Crippen LogP contribution in [0.1, 0.15) is 36.0 Å². The van der Waals surface area contributed by atoms with Gasteiger partial charge in [-0.25, -0.2) is 4.31 Å². The van der Waals surface area contributed by atoms with E-state index < -0.39 is 27.2 Å². The number of nitrogens with one attached hydrogen (secondary N) is 1. The number of hydrogen-bond acceptors (Lipinski definition) is 5. The second-order valence-electron chi connectivity index (χ2n) is 6.11. The summed E-state index contributed by atoms with van der Waals surface area (Å²) in [5.74, 6) is -0.471. The van der Waals surface area contributed by atoms with Crippen molar-refractivity contribution in [2.24, 2.45) is 0 Å². The van der Waals surface area contributed by atoms with Gasteiger partial charge in [-0.15, -0.1) is 11.3 Å². The topological polar surface area (TPSA) is 75.7 Å². The molecule has 1 aromatic heterocycles. The number of carbonyl (C=O) groups excluding carboxylic acids is 1. The van der Waals surface area contributed by atoms with Crippen LogP contribution in [-0.2, 0) is 20.5 Å². The number of rotatable bonds is 2. The Kier molecular flexibility index (Phi) is 2.82. The van der Waals surface area contributed by atoms with Crippen LogP contribution in [0.3, 0.4) is 0 Å². The van der Waals surface area contributed by atoms with Gasteiger partial charge in [0.15, 0.2) is 0 Å². The Bertz CT molecular complexity index is 668. The van der Waals surface area contributed by atoms with Crippen molar-refractivity contribution in [1.29, 1.82) is 0 Å². The second kappa shape index (κ2) is 4.03. The van der Waals surface area contributed by atoms with Crippen LogP contribution in [0.5, 0.6) is 0 Å². The van der Waals surface area contributed by atoms with Crippen molar-refractivity contribution in [1.82, 2.24) is 9.03 Å². The molecule has 6 nitrogen and oxygen atoms in total. The van der Waals surface area contributed by atoms with Crippen LogP contribution in [0, 0.1) is 0 Å². The molecular formula is C12H16N2O4S2. The van der Waals surface area contributed by atoms with E-state index in [1.165, 1.54) is 11.3 Å². The lowest BCUT2D eigenvalue weighted by Gasteiger charge is -2.44. The van der Waals surface area contributed by atoms with Crippen molar-refractivity contribution in [3.63, 3.8) is 0 Å². The van der Waals surface area contributed by atoms with Crippen molar-refractivity contribution >= 4 is 27.5 Å². The van der Waals surface area contributed by atoms with Crippen molar-refractivity contribution in [3.05, 3.63) is 21.9 Å². The monoisotopic (exact) mass is 316 g/mol. The molecule has 20 heavy (non-hydrogen) atoms. The van der Waals surface area contributed by atoms with Gasteiger partial charge in [0, 0.05) is 10.4 Å². The van der Waals surface area contributed by atoms with E-state index in [1.54, 1.807) is 26.8 Å². The molecule has 0 unspecified atom stereocenters. The molecular weight excluding hydrogens is 300 g/mol. The average molecular weight is 316 g/mol. The molecule has 3 heterocycles. The van der Waals surface area contributed by atoms with Crippen molar-refractivity contribution < 1.29 is 17.9 Å². The molecule has 1 aromatic rings. The molecule has 2 aliphatic heterocycles. The van der Waals surface area contributed by atoms with Gasteiger partial charge in [0.05, 0.1) is 18.8 Å². The fraction of sp³-hybridized carbons (Fsp3) is 0.583. The van der Waals surface area contributed by atoms with Crippen LogP contribution >= 0.6 is 11.3 Å². The fourth-order valence-corrected chi connectivity index (χ4v) is 5.50. The standard InChI is InChI=1S/C12H16N2O4S2/c1-11(2,3)13-20(16,17)14-10(15)8-4-5-19-9(8)12(14)6-18-7-12/h4-5,13H,6-7H2,1-3H3. The molecule has 0 atom stereocenters. The Balaban J connectivity index is 2.07. The maximum Gasteiger partial charge on any atom is 0.305 e. The summed E-state index contributed by atoms with van der Waals surface area (Å²) >= 11 is 1.40. The van der Waals surface area contributed by atoms with Gasteiger partial charge in [-0.1, -0.05) is 0 Å². The summed E-state index contributed by atoms with van der Waals surface area (Å²) < 4.78 is 33.9. The van der Waals surface area contributed by atoms with E-state index in [-0.39, 0.29) is 13.2 Å². The largest absolute Gasteiger partial charge is 0.375 e. The smallest absolute Gasteiger partial charge is 0.305 e. The molecule has 1 spiro atoms. The third kappa shape index (κ3) is 1.82. The van der Waals surface area contributed by atoms with E-state index in [1.807, 2.05) is 5.38 Å². The predicted molar refractivity (Wildman–Crippen MR) is 74.8 cm³/mol. The first-order chi connectivity index (χ1) is 9.17. The predicted octanol–water partition coefficient (Wildman–Crippen LogP) is 1.06. The number of hydrogen-bond donors (Lipinski definition) is 1. The SMILES string of the molecule is CC(C)(C)NS(=O)(=O)N1C(=O)c2ccsc2C12COC2. The van der Waals surface area contributed by atoms with Gasteiger partial charge in [-0.05, 0) is 32.2 Å². The van der Waals surface area contributed by atoms with Gasteiger partial charge in [-0.2, -0.15) is 13.1 Å². The minimum absolute atomic E-state index is 0.220. The van der Waals surface area contributed by atoms with Gasteiger partial charge < -0.3 is 4.74 Å². The molecule has 1 saturated heterocycles. The van der Waals surface area contributed by atoms with Crippen LogP contribution in [-0.4, -0.2) is 37.4 Å². The molecule has 2 aliphatic rings. The maximum absolute atomic E-state index is 12.6. The first-order valence-corrected chi connectivity index (χ1v) is 8.54. The lowest BCUT2D eigenvalue weighted by molar-refractivity contribution is -0.0990. The van der Waals surface area contributed by atoms with Crippen molar-refractivity contribution in [2.75, 3.05) is 13.2 Å². The molecule has 0 aliphatic carbocycles. The fourth-order valence-electron chi connectivity index (χ4n) is 2.55. The van der Waals surface area contributed by atoms with E-state index in [9.17, 15) is 13.2 Å². The first-order valence-electron chi connectivity index (χ1n) is 6.22. The normalized spacial score (nSPS) is 21.1. The summed E-state index contributed by atoms with van der Waals surface area (Å²) in [5.41, 5.74) is -1.03. The molecule has 8 heteroatoms. The minimum Gasteiger partial charge on any atom is -0.375 e. The van der Waals surface area contributed by atoms with E-state index in [2.05, 4.69) is 4.72 Å². The van der Waals surface area contributed by atoms with Crippen LogP contribution in [0.2, 0.25) is 0 Å². The molecule has 0 bridgehead atoms. The van der Waals surface area contributed by atoms with E-state index >= 15 is 0 Å². The molecule has 1 fully saturated rings. The number of amides is 1. The Morgan fingerprint density at radius 2 is 2.05 bits per heavy atom. The minimum atomic E-state index is -3.91. The van der Waals surface area contributed by atoms with Crippen molar-refractivity contribution in [2.45, 2.75) is 31.8 Å². The third-order valence-corrected chi connectivity index (χ3v) is 6.22. The average Bonchev–Trinajstić information content (AvgIpc) is 2.73. The van der Waals surface area contributed by atoms with E-state index in [0.29, 0.717) is 5.56 Å². The number of ether oxygens (including phenoxy) is 1. The number of thiophene rings is 1. The molecule has 110 valence electrons. The zero-order valence-corrected chi connectivity index (χ0v) is 13.1. The highest BCUT2D eigenvalue weighted by Crippen LogP contribution is 2.48. The highest BCUT2D eigenvalue weighted by Gasteiger charge is 2.60. The molecule has 0 saturated carbocycles. The lowest BCUT2D eigenvalue weighted by atomic mass is 9.97. The zero-order chi connectivity index (χ0) is 14.8. The highest BCUT2D eigenvalue weighted by molar-refractivity contribution is 7.87. The summed E-state index contributed by atoms with van der Waals surface area (Å²) in [5, 5.41) is 1.81. The van der Waals surface area contributed by atoms with E-state index in [4.69, 9.17) is 4.74 Å². The first kappa shape index (κ1) is 14.0. The summed E-state index contributed by atoms with van der Waals surface area (Å²) in [6.45, 7) is 5.66. The number of fused-ring (bicyclic) bond motifs is 2. The number of nitrogens with zero attached hydrogens (tertiary/aromatic N) is 1. The summed E-state index contributed by atoms with van der Waals surface area (Å²) in [7, 11) is -3.91. The van der Waals surface area contributed by atoms with Crippen LogP contribution < -0.4 is 4.72 Å². The Morgan fingerprint density at radius 3 is 2.55 bits per heavy atom. The van der Waals surface area contributed by atoms with Crippen molar-refractivity contribution in [3.8, 4) is 0 Å². The van der Waals surface area contributed by atoms with Gasteiger partial charge in [0.25, 0.3) is 5.91 Å². The Hall–Kier alpha value is -0.960. The van der Waals surface area contributed by atoms with Crippen LogP contribution in [0.25, 0.3) is 0 Å². The number of carbonyl (C=O) groups is 1. The van der Waals surface area contributed by atoms with Crippen LogP contribution in [0.4, 0.5) is 0 Å². The lowest BCUT2D eigenvalue weighted by Crippen LogP contribution is -2.63. The van der Waals surface area contributed by atoms with E-state index in [0.717, 1.165) is 9.18 Å². The summed E-state index contributed by atoms with van der Waals surface area (Å²) in [4.78, 5) is 13.2. The quantitative estimate of drug-likeness (QED) is 0.885. The van der Waals surface area contributed by atoms with Crippen LogP contribution in [0.15, 0.2) is 11.4 Å².